The predicted octanol–water partition coefficient (Wildman–Crippen LogP) is 4.06. The van der Waals surface area contributed by atoms with Crippen LogP contribution in [0.5, 0.6) is 5.75 Å². The van der Waals surface area contributed by atoms with E-state index in [1.807, 2.05) is 30.3 Å². The van der Waals surface area contributed by atoms with E-state index in [2.05, 4.69) is 15.4 Å². The molecule has 1 aromatic heterocycles. The van der Waals surface area contributed by atoms with Crippen molar-refractivity contribution in [2.45, 2.75) is 0 Å². The van der Waals surface area contributed by atoms with Crippen LogP contribution in [0.15, 0.2) is 74.1 Å². The quantitative estimate of drug-likeness (QED) is 0.737. The van der Waals surface area contributed by atoms with Crippen LogP contribution >= 0.6 is 0 Å². The number of aromatic amines is 1. The van der Waals surface area contributed by atoms with E-state index in [1.54, 1.807) is 31.4 Å². The summed E-state index contributed by atoms with van der Waals surface area (Å²) in [6, 6.07) is 16.4. The van der Waals surface area contributed by atoms with Gasteiger partial charge >= 0.3 is 5.63 Å². The molecular formula is C16H13N3O3. The standard InChI is InChI=1S/C16H13N3O3/c1-21-13-9-7-12(8-10-13)17-18-15-14(19-22-16(15)20)11-5-3-2-4-6-11/h2-10,19H,1H3. The summed E-state index contributed by atoms with van der Waals surface area (Å²) in [6.45, 7) is 0. The SMILES string of the molecule is COc1ccc(N=Nc2c(-c3ccccc3)[nH]oc2=O)cc1. The molecule has 0 aliphatic heterocycles. The number of hydrogen-bond donors (Lipinski definition) is 1. The Bertz CT molecular complexity index is 833. The first-order chi connectivity index (χ1) is 10.8. The molecule has 3 aromatic rings. The molecule has 0 unspecified atom stereocenters. The van der Waals surface area contributed by atoms with Crippen LogP contribution < -0.4 is 10.4 Å². The van der Waals surface area contributed by atoms with Gasteiger partial charge in [-0.25, -0.2) is 9.95 Å². The molecule has 1 N–H and O–H groups in total. The lowest BCUT2D eigenvalue weighted by Crippen LogP contribution is -1.90. The molecule has 0 amide bonds. The first-order valence-corrected chi connectivity index (χ1v) is 6.60. The Hall–Kier alpha value is -3.15. The Morgan fingerprint density at radius 1 is 1.00 bits per heavy atom. The van der Waals surface area contributed by atoms with Gasteiger partial charge in [0, 0.05) is 5.56 Å². The molecular weight excluding hydrogens is 282 g/mol. The number of hydrogen-bond acceptors (Lipinski definition) is 5. The fourth-order valence-corrected chi connectivity index (χ4v) is 1.94. The number of nitrogens with one attached hydrogen (secondary N) is 1. The Kier molecular flexibility index (Phi) is 3.82. The minimum atomic E-state index is -0.559. The van der Waals surface area contributed by atoms with Crippen molar-refractivity contribution >= 4 is 11.4 Å². The van der Waals surface area contributed by atoms with Crippen LogP contribution in [-0.2, 0) is 0 Å². The molecule has 2 aromatic carbocycles. The van der Waals surface area contributed by atoms with E-state index < -0.39 is 5.63 Å². The number of aromatic nitrogens is 1. The second-order valence-corrected chi connectivity index (χ2v) is 4.48. The number of azo groups is 1. The summed E-state index contributed by atoms with van der Waals surface area (Å²) in [5, 5.41) is 10.7. The van der Waals surface area contributed by atoms with Crippen molar-refractivity contribution < 1.29 is 9.26 Å². The van der Waals surface area contributed by atoms with Crippen LogP contribution in [0.3, 0.4) is 0 Å². The van der Waals surface area contributed by atoms with Crippen LogP contribution in [0.2, 0.25) is 0 Å². The molecule has 0 atom stereocenters. The maximum atomic E-state index is 11.8. The molecule has 0 spiro atoms. The van der Waals surface area contributed by atoms with Gasteiger partial charge in [0.25, 0.3) is 0 Å². The summed E-state index contributed by atoms with van der Waals surface area (Å²) in [5.41, 5.74) is 1.50. The van der Waals surface area contributed by atoms with Crippen LogP contribution in [0.25, 0.3) is 11.3 Å². The van der Waals surface area contributed by atoms with E-state index in [0.29, 0.717) is 11.4 Å². The highest BCUT2D eigenvalue weighted by atomic mass is 16.5. The van der Waals surface area contributed by atoms with Gasteiger partial charge in [0.1, 0.15) is 11.4 Å². The largest absolute Gasteiger partial charge is 0.497 e. The van der Waals surface area contributed by atoms with Gasteiger partial charge in [-0.3, -0.25) is 0 Å². The number of methoxy groups -OCH3 is 1. The number of benzene rings is 2. The van der Waals surface area contributed by atoms with Crippen LogP contribution in [-0.4, -0.2) is 12.3 Å². The fourth-order valence-electron chi connectivity index (χ4n) is 1.94. The molecule has 0 aliphatic carbocycles. The molecule has 0 radical (unpaired) electrons. The second-order valence-electron chi connectivity index (χ2n) is 4.48. The monoisotopic (exact) mass is 295 g/mol. The maximum absolute atomic E-state index is 11.8. The Balaban J connectivity index is 1.93. The molecule has 0 saturated carbocycles. The predicted molar refractivity (Wildman–Crippen MR) is 81.9 cm³/mol. The van der Waals surface area contributed by atoms with Gasteiger partial charge in [0.2, 0.25) is 0 Å². The summed E-state index contributed by atoms with van der Waals surface area (Å²) >= 11 is 0. The Labute approximate surface area is 126 Å². The number of nitrogens with zero attached hydrogens (tertiary/aromatic N) is 2. The second kappa shape index (κ2) is 6.09. The molecule has 0 saturated heterocycles. The summed E-state index contributed by atoms with van der Waals surface area (Å²) in [4.78, 5) is 11.8. The van der Waals surface area contributed by atoms with E-state index in [1.165, 1.54) is 0 Å². The number of ether oxygens (including phenoxy) is 1. The van der Waals surface area contributed by atoms with Crippen LogP contribution in [0, 0.1) is 0 Å². The van der Waals surface area contributed by atoms with Crippen molar-refractivity contribution in [2.75, 3.05) is 7.11 Å². The fraction of sp³-hybridized carbons (Fsp3) is 0.0625. The minimum absolute atomic E-state index is 0.141. The molecule has 1 heterocycles. The number of H-pyrrole nitrogens is 1. The van der Waals surface area contributed by atoms with Crippen molar-refractivity contribution in [1.82, 2.24) is 5.16 Å². The third-order valence-electron chi connectivity index (χ3n) is 3.08. The maximum Gasteiger partial charge on any atom is 0.385 e. The molecule has 22 heavy (non-hydrogen) atoms. The zero-order valence-electron chi connectivity index (χ0n) is 11.8. The molecule has 6 heteroatoms. The Morgan fingerprint density at radius 2 is 1.73 bits per heavy atom. The van der Waals surface area contributed by atoms with Crippen LogP contribution in [0.4, 0.5) is 11.4 Å². The molecule has 6 nitrogen and oxygen atoms in total. The topological polar surface area (TPSA) is 80.0 Å². The van der Waals surface area contributed by atoms with E-state index in [-0.39, 0.29) is 5.69 Å². The van der Waals surface area contributed by atoms with Gasteiger partial charge < -0.3 is 9.26 Å². The smallest absolute Gasteiger partial charge is 0.385 e. The first-order valence-electron chi connectivity index (χ1n) is 6.60. The summed E-state index contributed by atoms with van der Waals surface area (Å²) in [6.07, 6.45) is 0. The van der Waals surface area contributed by atoms with Crippen molar-refractivity contribution in [2.24, 2.45) is 10.2 Å². The van der Waals surface area contributed by atoms with Crippen molar-refractivity contribution in [3.8, 4) is 17.0 Å². The molecule has 110 valence electrons. The highest BCUT2D eigenvalue weighted by Crippen LogP contribution is 2.27. The van der Waals surface area contributed by atoms with Gasteiger partial charge in [-0.15, -0.1) is 5.11 Å². The molecule has 0 fully saturated rings. The highest BCUT2D eigenvalue weighted by molar-refractivity contribution is 5.70. The van der Waals surface area contributed by atoms with E-state index in [0.717, 1.165) is 11.3 Å². The van der Waals surface area contributed by atoms with Gasteiger partial charge in [-0.1, -0.05) is 30.3 Å². The molecule has 0 bridgehead atoms. The highest BCUT2D eigenvalue weighted by Gasteiger charge is 2.13. The van der Waals surface area contributed by atoms with Gasteiger partial charge in [-0.2, -0.15) is 5.11 Å². The lowest BCUT2D eigenvalue weighted by molar-refractivity contribution is 0.394. The van der Waals surface area contributed by atoms with Gasteiger partial charge in [-0.05, 0) is 24.3 Å². The summed E-state index contributed by atoms with van der Waals surface area (Å²) in [7, 11) is 1.59. The summed E-state index contributed by atoms with van der Waals surface area (Å²) in [5.74, 6) is 0.727. The molecule has 0 aliphatic rings. The average molecular weight is 295 g/mol. The van der Waals surface area contributed by atoms with Crippen molar-refractivity contribution in [1.29, 1.82) is 0 Å². The minimum Gasteiger partial charge on any atom is -0.497 e. The number of rotatable bonds is 4. The zero-order valence-corrected chi connectivity index (χ0v) is 11.8. The lowest BCUT2D eigenvalue weighted by Gasteiger charge is -1.98. The first kappa shape index (κ1) is 13.8. The van der Waals surface area contributed by atoms with Gasteiger partial charge in [0.15, 0.2) is 5.69 Å². The average Bonchev–Trinajstić information content (AvgIpc) is 2.95. The third kappa shape index (κ3) is 2.80. The zero-order chi connectivity index (χ0) is 15.4. The van der Waals surface area contributed by atoms with Gasteiger partial charge in [0.05, 0.1) is 12.8 Å². The third-order valence-corrected chi connectivity index (χ3v) is 3.08. The van der Waals surface area contributed by atoms with Crippen LogP contribution in [0.1, 0.15) is 0 Å². The Morgan fingerprint density at radius 3 is 2.41 bits per heavy atom. The normalized spacial score (nSPS) is 11.0. The van der Waals surface area contributed by atoms with E-state index in [4.69, 9.17) is 9.26 Å². The summed E-state index contributed by atoms with van der Waals surface area (Å²) < 4.78 is 9.89. The lowest BCUT2D eigenvalue weighted by atomic mass is 10.1. The van der Waals surface area contributed by atoms with Crippen molar-refractivity contribution in [3.05, 3.63) is 65.0 Å². The molecule has 3 rings (SSSR count). The van der Waals surface area contributed by atoms with E-state index >= 15 is 0 Å². The van der Waals surface area contributed by atoms with Crippen molar-refractivity contribution in [3.63, 3.8) is 0 Å². The van der Waals surface area contributed by atoms with E-state index in [9.17, 15) is 4.79 Å².